The van der Waals surface area contributed by atoms with Crippen molar-refractivity contribution in [2.24, 2.45) is 0 Å². The molecule has 1 aromatic carbocycles. The lowest BCUT2D eigenvalue weighted by atomic mass is 9.98. The first-order valence-electron chi connectivity index (χ1n) is 7.88. The fraction of sp³-hybridized carbons (Fsp3) is 0.389. The van der Waals surface area contributed by atoms with Crippen LogP contribution in [0.5, 0.6) is 0 Å². The predicted octanol–water partition coefficient (Wildman–Crippen LogP) is 3.06. The topological polar surface area (TPSA) is 59.5 Å². The van der Waals surface area contributed by atoms with Gasteiger partial charge in [0.1, 0.15) is 0 Å². The van der Waals surface area contributed by atoms with E-state index < -0.39 is 12.1 Å². The van der Waals surface area contributed by atoms with E-state index in [1.807, 2.05) is 32.9 Å². The number of hydrogen-bond donors (Lipinski definition) is 0. The summed E-state index contributed by atoms with van der Waals surface area (Å²) in [5, 5.41) is 0.980. The summed E-state index contributed by atoms with van der Waals surface area (Å²) in [4.78, 5) is 32.1. The number of nitrogens with zero attached hydrogens (tertiary/aromatic N) is 2. The Morgan fingerprint density at radius 2 is 2.08 bits per heavy atom. The molecule has 126 valence electrons. The second kappa shape index (κ2) is 6.36. The van der Waals surface area contributed by atoms with Crippen LogP contribution in [0, 0.1) is 13.8 Å². The Bertz CT molecular complexity index is 799. The molecule has 2 heterocycles. The van der Waals surface area contributed by atoms with Crippen molar-refractivity contribution in [3.8, 4) is 0 Å². The minimum atomic E-state index is -0.769. The molecule has 24 heavy (non-hydrogen) atoms. The number of hydrogen-bond acceptors (Lipinski definition) is 5. The molecule has 0 saturated heterocycles. The first-order chi connectivity index (χ1) is 11.4. The van der Waals surface area contributed by atoms with E-state index in [9.17, 15) is 9.59 Å². The third-order valence-corrected chi connectivity index (χ3v) is 5.66. The van der Waals surface area contributed by atoms with Crippen molar-refractivity contribution < 1.29 is 14.3 Å². The van der Waals surface area contributed by atoms with Crippen LogP contribution in [-0.4, -0.2) is 34.9 Å². The summed E-state index contributed by atoms with van der Waals surface area (Å²) in [5.41, 5.74) is 2.35. The average molecular weight is 344 g/mol. The zero-order valence-corrected chi connectivity index (χ0v) is 15.0. The van der Waals surface area contributed by atoms with E-state index >= 15 is 0 Å². The summed E-state index contributed by atoms with van der Waals surface area (Å²) in [6, 6.07) is 7.16. The van der Waals surface area contributed by atoms with Gasteiger partial charge in [0, 0.05) is 18.3 Å². The Morgan fingerprint density at radius 1 is 1.38 bits per heavy atom. The number of amides is 1. The van der Waals surface area contributed by atoms with Crippen molar-refractivity contribution in [2.45, 2.75) is 39.3 Å². The number of thiazole rings is 1. The maximum absolute atomic E-state index is 12.8. The van der Waals surface area contributed by atoms with Crippen LogP contribution in [0.25, 0.3) is 0 Å². The van der Waals surface area contributed by atoms with E-state index in [-0.39, 0.29) is 11.9 Å². The molecule has 1 amide bonds. The first-order valence-corrected chi connectivity index (χ1v) is 8.69. The second-order valence-corrected chi connectivity index (χ2v) is 7.30. The Morgan fingerprint density at radius 3 is 2.75 bits per heavy atom. The summed E-state index contributed by atoms with van der Waals surface area (Å²) < 4.78 is 5.37. The Kier molecular flexibility index (Phi) is 4.41. The van der Waals surface area contributed by atoms with E-state index in [0.717, 1.165) is 21.1 Å². The van der Waals surface area contributed by atoms with Gasteiger partial charge in [-0.1, -0.05) is 18.2 Å². The molecule has 0 bridgehead atoms. The maximum Gasteiger partial charge on any atom is 0.339 e. The second-order valence-electron chi connectivity index (χ2n) is 6.06. The standard InChI is InChI=1S/C18H20N2O3S/c1-10-16(24-12(3)19-10)11(2)20(4)17(21)15-9-13-7-5-6-8-14(13)18(22)23-15/h5-8,11,15H,9H2,1-4H3. The number of likely N-dealkylation sites (N-methyl/N-ethyl adjacent to an activating group) is 1. The van der Waals surface area contributed by atoms with Crippen LogP contribution in [-0.2, 0) is 16.0 Å². The van der Waals surface area contributed by atoms with E-state index in [1.165, 1.54) is 0 Å². The number of ether oxygens (including phenoxy) is 1. The molecule has 1 aliphatic rings. The van der Waals surface area contributed by atoms with Gasteiger partial charge in [-0.25, -0.2) is 9.78 Å². The highest BCUT2D eigenvalue weighted by molar-refractivity contribution is 7.11. The number of aryl methyl sites for hydroxylation is 2. The van der Waals surface area contributed by atoms with Gasteiger partial charge in [-0.15, -0.1) is 11.3 Å². The number of esters is 1. The van der Waals surface area contributed by atoms with Crippen LogP contribution in [0.15, 0.2) is 24.3 Å². The molecule has 1 aliphatic heterocycles. The number of fused-ring (bicyclic) bond motifs is 1. The highest BCUT2D eigenvalue weighted by Crippen LogP contribution is 2.30. The summed E-state index contributed by atoms with van der Waals surface area (Å²) >= 11 is 1.59. The summed E-state index contributed by atoms with van der Waals surface area (Å²) in [5.74, 6) is -0.614. The van der Waals surface area contributed by atoms with Crippen molar-refractivity contribution in [1.82, 2.24) is 9.88 Å². The molecule has 0 N–H and O–H groups in total. The molecule has 0 saturated carbocycles. The van der Waals surface area contributed by atoms with E-state index in [4.69, 9.17) is 4.74 Å². The van der Waals surface area contributed by atoms with Crippen LogP contribution in [0.4, 0.5) is 0 Å². The molecule has 5 nitrogen and oxygen atoms in total. The first kappa shape index (κ1) is 16.6. The van der Waals surface area contributed by atoms with Gasteiger partial charge in [-0.05, 0) is 32.4 Å². The van der Waals surface area contributed by atoms with Gasteiger partial charge in [-0.2, -0.15) is 0 Å². The quantitative estimate of drug-likeness (QED) is 0.803. The fourth-order valence-corrected chi connectivity index (χ4v) is 4.02. The maximum atomic E-state index is 12.8. The van der Waals surface area contributed by atoms with E-state index in [2.05, 4.69) is 4.98 Å². The molecule has 6 heteroatoms. The molecule has 0 spiro atoms. The number of cyclic esters (lactones) is 1. The van der Waals surface area contributed by atoms with Crippen LogP contribution >= 0.6 is 11.3 Å². The fourth-order valence-electron chi connectivity index (χ4n) is 3.00. The van der Waals surface area contributed by atoms with Gasteiger partial charge in [0.05, 0.1) is 22.3 Å². The zero-order valence-electron chi connectivity index (χ0n) is 14.2. The van der Waals surface area contributed by atoms with Crippen LogP contribution in [0.3, 0.4) is 0 Å². The normalized spacial score (nSPS) is 17.8. The number of aromatic nitrogens is 1. The van der Waals surface area contributed by atoms with Crippen molar-refractivity contribution >= 4 is 23.2 Å². The third-order valence-electron chi connectivity index (χ3n) is 4.41. The number of carbonyl (C=O) groups excluding carboxylic acids is 2. The number of benzene rings is 1. The van der Waals surface area contributed by atoms with Gasteiger partial charge in [0.15, 0.2) is 6.10 Å². The summed E-state index contributed by atoms with van der Waals surface area (Å²) in [6.45, 7) is 5.87. The highest BCUT2D eigenvalue weighted by atomic mass is 32.1. The number of rotatable bonds is 3. The molecular weight excluding hydrogens is 324 g/mol. The average Bonchev–Trinajstić information content (AvgIpc) is 2.91. The molecule has 3 rings (SSSR count). The summed E-state index contributed by atoms with van der Waals surface area (Å²) in [6.07, 6.45) is -0.354. The molecule has 2 atom stereocenters. The molecule has 2 unspecified atom stereocenters. The minimum absolute atomic E-state index is 0.112. The van der Waals surface area contributed by atoms with Gasteiger partial charge in [0.25, 0.3) is 5.91 Å². The zero-order chi connectivity index (χ0) is 17.4. The largest absolute Gasteiger partial charge is 0.448 e. The van der Waals surface area contributed by atoms with Gasteiger partial charge in [-0.3, -0.25) is 4.79 Å². The lowest BCUT2D eigenvalue weighted by Gasteiger charge is -2.30. The Hall–Kier alpha value is -2.21. The molecule has 0 radical (unpaired) electrons. The van der Waals surface area contributed by atoms with Gasteiger partial charge in [0.2, 0.25) is 0 Å². The molecular formula is C18H20N2O3S. The Labute approximate surface area is 145 Å². The van der Waals surface area contributed by atoms with Crippen LogP contribution < -0.4 is 0 Å². The molecule has 0 aliphatic carbocycles. The van der Waals surface area contributed by atoms with Crippen molar-refractivity contribution in [3.63, 3.8) is 0 Å². The lowest BCUT2D eigenvalue weighted by molar-refractivity contribution is -0.141. The van der Waals surface area contributed by atoms with Crippen molar-refractivity contribution in [1.29, 1.82) is 0 Å². The number of carbonyl (C=O) groups is 2. The predicted molar refractivity (Wildman–Crippen MR) is 92.1 cm³/mol. The van der Waals surface area contributed by atoms with Crippen LogP contribution in [0.1, 0.15) is 44.5 Å². The van der Waals surface area contributed by atoms with Gasteiger partial charge >= 0.3 is 5.97 Å². The smallest absolute Gasteiger partial charge is 0.339 e. The van der Waals surface area contributed by atoms with Crippen molar-refractivity contribution in [2.75, 3.05) is 7.05 Å². The van der Waals surface area contributed by atoms with E-state index in [1.54, 1.807) is 35.4 Å². The van der Waals surface area contributed by atoms with E-state index in [0.29, 0.717) is 12.0 Å². The minimum Gasteiger partial charge on any atom is -0.448 e. The van der Waals surface area contributed by atoms with Gasteiger partial charge < -0.3 is 9.64 Å². The highest BCUT2D eigenvalue weighted by Gasteiger charge is 2.34. The lowest BCUT2D eigenvalue weighted by Crippen LogP contribution is -2.43. The van der Waals surface area contributed by atoms with Crippen LogP contribution in [0.2, 0.25) is 0 Å². The van der Waals surface area contributed by atoms with Crippen molar-refractivity contribution in [3.05, 3.63) is 51.0 Å². The molecule has 0 fully saturated rings. The monoisotopic (exact) mass is 344 g/mol. The summed E-state index contributed by atoms with van der Waals surface area (Å²) in [7, 11) is 1.75. The molecule has 2 aromatic rings. The third kappa shape index (κ3) is 2.94. The Balaban J connectivity index is 1.79. The molecule has 1 aromatic heterocycles. The SMILES string of the molecule is Cc1nc(C)c(C(C)N(C)C(=O)C2Cc3ccccc3C(=O)O2)s1.